The number of hydrogen-bond donors (Lipinski definition) is 5. The van der Waals surface area contributed by atoms with Crippen molar-refractivity contribution in [2.24, 2.45) is 0 Å². The van der Waals surface area contributed by atoms with Crippen molar-refractivity contribution >= 4 is 44.8 Å². The van der Waals surface area contributed by atoms with Crippen molar-refractivity contribution in [1.82, 2.24) is 10.6 Å². The second-order valence-electron chi connectivity index (χ2n) is 10.2. The molecule has 0 spiro atoms. The van der Waals surface area contributed by atoms with Gasteiger partial charge in [0, 0.05) is 28.7 Å². The van der Waals surface area contributed by atoms with Gasteiger partial charge in [0.2, 0.25) is 15.9 Å². The minimum atomic E-state index is -3.58. The number of carbonyl (C=O) groups excluding carboxylic acids is 1. The molecule has 0 aliphatic heterocycles. The summed E-state index contributed by atoms with van der Waals surface area (Å²) in [5.41, 5.74) is 2.78. The Morgan fingerprint density at radius 2 is 1.64 bits per heavy atom. The van der Waals surface area contributed by atoms with Gasteiger partial charge in [-0.05, 0) is 72.9 Å². The Hall–Kier alpha value is -2.82. The number of aliphatic hydroxyl groups is 1. The fourth-order valence-corrected chi connectivity index (χ4v) is 5.25. The van der Waals surface area contributed by atoms with E-state index in [-0.39, 0.29) is 30.3 Å². The minimum absolute atomic E-state index is 0.00512. The van der Waals surface area contributed by atoms with Crippen LogP contribution in [-0.2, 0) is 34.2 Å². The minimum Gasteiger partial charge on any atom is -0.506 e. The van der Waals surface area contributed by atoms with Crippen LogP contribution in [0.25, 0.3) is 0 Å². The van der Waals surface area contributed by atoms with Crippen LogP contribution in [0.2, 0.25) is 10.0 Å². The second kappa shape index (κ2) is 13.0. The number of anilines is 1. The zero-order chi connectivity index (χ0) is 28.8. The summed E-state index contributed by atoms with van der Waals surface area (Å²) in [7, 11) is -3.58. The molecule has 0 unspecified atom stereocenters. The molecule has 0 heterocycles. The van der Waals surface area contributed by atoms with E-state index in [0.29, 0.717) is 28.6 Å². The van der Waals surface area contributed by atoms with Crippen LogP contribution in [0, 0.1) is 0 Å². The average Bonchev–Trinajstić information content (AvgIpc) is 2.81. The van der Waals surface area contributed by atoms with Crippen LogP contribution >= 0.6 is 23.2 Å². The molecule has 11 heteroatoms. The van der Waals surface area contributed by atoms with E-state index >= 15 is 0 Å². The van der Waals surface area contributed by atoms with Crippen LogP contribution in [0.5, 0.6) is 5.75 Å². The summed E-state index contributed by atoms with van der Waals surface area (Å²) in [5.74, 6) is -0.352. The third-order valence-electron chi connectivity index (χ3n) is 5.89. The first kappa shape index (κ1) is 30.7. The summed E-state index contributed by atoms with van der Waals surface area (Å²) in [4.78, 5) is 12.5. The Bertz CT molecular complexity index is 1410. The van der Waals surface area contributed by atoms with Crippen molar-refractivity contribution in [3.8, 4) is 5.75 Å². The van der Waals surface area contributed by atoms with Crippen LogP contribution in [-0.4, -0.2) is 42.9 Å². The lowest BCUT2D eigenvalue weighted by Gasteiger charge is -2.28. The Morgan fingerprint density at radius 3 is 2.31 bits per heavy atom. The summed E-state index contributed by atoms with van der Waals surface area (Å²) >= 11 is 12.0. The van der Waals surface area contributed by atoms with Crippen molar-refractivity contribution < 1.29 is 23.4 Å². The van der Waals surface area contributed by atoms with E-state index in [1.165, 1.54) is 18.2 Å². The Kier molecular flexibility index (Phi) is 10.3. The summed E-state index contributed by atoms with van der Waals surface area (Å²) in [5, 5.41) is 27.9. The molecule has 210 valence electrons. The molecule has 3 aromatic carbocycles. The van der Waals surface area contributed by atoms with Crippen LogP contribution in [0.3, 0.4) is 0 Å². The van der Waals surface area contributed by atoms with Gasteiger partial charge in [0.1, 0.15) is 5.75 Å². The van der Waals surface area contributed by atoms with E-state index in [1.807, 2.05) is 38.1 Å². The van der Waals surface area contributed by atoms with Crippen LogP contribution in [0.1, 0.15) is 42.2 Å². The fourth-order valence-electron chi connectivity index (χ4n) is 4.12. The highest BCUT2D eigenvalue weighted by Gasteiger charge is 2.21. The lowest BCUT2D eigenvalue weighted by Crippen LogP contribution is -2.43. The Balaban J connectivity index is 1.55. The molecule has 39 heavy (non-hydrogen) atoms. The topological polar surface area (TPSA) is 128 Å². The van der Waals surface area contributed by atoms with E-state index in [0.717, 1.165) is 22.9 Å². The molecule has 1 atom stereocenters. The van der Waals surface area contributed by atoms with Crippen LogP contribution < -0.4 is 15.4 Å². The zero-order valence-electron chi connectivity index (χ0n) is 22.0. The number of β-amino-alcohol motifs (C(OH)–C–C–N with tert-alkyl or cyclic N) is 1. The number of carbonyl (C=O) groups is 1. The van der Waals surface area contributed by atoms with Gasteiger partial charge in [0.15, 0.2) is 0 Å². The molecule has 0 aromatic heterocycles. The normalized spacial score (nSPS) is 12.7. The fraction of sp³-hybridized carbons (Fsp3) is 0.321. The maximum Gasteiger partial charge on any atom is 0.229 e. The average molecular weight is 595 g/mol. The molecule has 0 radical (unpaired) electrons. The quantitative estimate of drug-likeness (QED) is 0.196. The highest BCUT2D eigenvalue weighted by molar-refractivity contribution is 7.92. The first-order chi connectivity index (χ1) is 18.2. The van der Waals surface area contributed by atoms with E-state index < -0.39 is 21.7 Å². The number of phenols is 1. The molecule has 0 bridgehead atoms. The molecule has 0 aliphatic carbocycles. The van der Waals surface area contributed by atoms with Gasteiger partial charge in [-0.3, -0.25) is 9.52 Å². The van der Waals surface area contributed by atoms with Gasteiger partial charge in [-0.25, -0.2) is 8.42 Å². The number of benzene rings is 3. The number of sulfonamides is 1. The van der Waals surface area contributed by atoms with Gasteiger partial charge in [-0.1, -0.05) is 53.5 Å². The van der Waals surface area contributed by atoms with E-state index in [1.54, 1.807) is 18.2 Å². The number of rotatable bonds is 12. The SMILES string of the molecule is CC(C)(Cc1cccc(CC(=O)NCc2cc(Cl)cc(Cl)c2)c1)NC[C@@H](O)c1ccc(O)c(NS(C)(=O)=O)c1. The molecule has 8 nitrogen and oxygen atoms in total. The van der Waals surface area contributed by atoms with Crippen molar-refractivity contribution in [3.63, 3.8) is 0 Å². The smallest absolute Gasteiger partial charge is 0.229 e. The van der Waals surface area contributed by atoms with Crippen molar-refractivity contribution in [2.75, 3.05) is 17.5 Å². The van der Waals surface area contributed by atoms with E-state index in [9.17, 15) is 23.4 Å². The summed E-state index contributed by atoms with van der Waals surface area (Å²) in [6, 6.07) is 17.2. The molecule has 0 saturated heterocycles. The van der Waals surface area contributed by atoms with Crippen molar-refractivity contribution in [3.05, 3.63) is 93.0 Å². The predicted octanol–water partition coefficient (Wildman–Crippen LogP) is 4.57. The molecule has 5 N–H and O–H groups in total. The molecule has 0 aliphatic rings. The van der Waals surface area contributed by atoms with E-state index in [4.69, 9.17) is 23.2 Å². The molecule has 0 saturated carbocycles. The van der Waals surface area contributed by atoms with Crippen molar-refractivity contribution in [1.29, 1.82) is 0 Å². The Morgan fingerprint density at radius 1 is 0.974 bits per heavy atom. The lowest BCUT2D eigenvalue weighted by atomic mass is 9.93. The molecule has 3 rings (SSSR count). The number of hydrogen-bond acceptors (Lipinski definition) is 6. The van der Waals surface area contributed by atoms with Gasteiger partial charge in [0.05, 0.1) is 24.5 Å². The highest BCUT2D eigenvalue weighted by Crippen LogP contribution is 2.28. The Labute approximate surface area is 239 Å². The summed E-state index contributed by atoms with van der Waals surface area (Å²) in [6.07, 6.45) is 0.902. The number of phenolic OH excluding ortho intramolecular Hbond substituents is 1. The maximum absolute atomic E-state index is 12.5. The molecule has 0 fully saturated rings. The van der Waals surface area contributed by atoms with Crippen LogP contribution in [0.15, 0.2) is 60.7 Å². The van der Waals surface area contributed by atoms with Crippen molar-refractivity contribution in [2.45, 2.75) is 44.9 Å². The van der Waals surface area contributed by atoms with Gasteiger partial charge in [0.25, 0.3) is 0 Å². The molecular weight excluding hydrogens is 561 g/mol. The van der Waals surface area contributed by atoms with Gasteiger partial charge >= 0.3 is 0 Å². The first-order valence-corrected chi connectivity index (χ1v) is 14.9. The van der Waals surface area contributed by atoms with E-state index in [2.05, 4.69) is 15.4 Å². The maximum atomic E-state index is 12.5. The number of nitrogens with one attached hydrogen (secondary N) is 3. The van der Waals surface area contributed by atoms with Gasteiger partial charge in [-0.2, -0.15) is 0 Å². The van der Waals surface area contributed by atoms with Gasteiger partial charge < -0.3 is 20.8 Å². The summed E-state index contributed by atoms with van der Waals surface area (Å²) in [6.45, 7) is 4.53. The monoisotopic (exact) mass is 593 g/mol. The second-order valence-corrected chi connectivity index (χ2v) is 12.8. The third-order valence-corrected chi connectivity index (χ3v) is 6.92. The number of aromatic hydroxyl groups is 1. The molecule has 3 aromatic rings. The summed E-state index contributed by atoms with van der Waals surface area (Å²) < 4.78 is 25.3. The highest BCUT2D eigenvalue weighted by atomic mass is 35.5. The molecule has 1 amide bonds. The first-order valence-electron chi connectivity index (χ1n) is 12.2. The largest absolute Gasteiger partial charge is 0.506 e. The van der Waals surface area contributed by atoms with Gasteiger partial charge in [-0.15, -0.1) is 0 Å². The lowest BCUT2D eigenvalue weighted by molar-refractivity contribution is -0.120. The number of aliphatic hydroxyl groups excluding tert-OH is 1. The zero-order valence-corrected chi connectivity index (χ0v) is 24.3. The third kappa shape index (κ3) is 10.3. The number of amides is 1. The molecular formula is C28H33Cl2N3O5S. The number of halogens is 2. The van der Waals surface area contributed by atoms with Crippen LogP contribution in [0.4, 0.5) is 5.69 Å². The standard InChI is InChI=1S/C28H33Cl2N3O5S/c1-28(2,32-17-26(35)21-7-8-25(34)24(13-21)33-39(3,37)38)15-19-6-4-5-18(9-19)12-27(36)31-16-20-10-22(29)14-23(30)11-20/h4-11,13-14,26,32-35H,12,15-17H2,1-3H3,(H,31,36)/t26-/m1/s1. The predicted molar refractivity (Wildman–Crippen MR) is 156 cm³/mol.